The molecule has 0 saturated heterocycles. The highest BCUT2D eigenvalue weighted by Crippen LogP contribution is 2.59. The van der Waals surface area contributed by atoms with Crippen LogP contribution in [0.5, 0.6) is 5.75 Å². The van der Waals surface area contributed by atoms with Crippen molar-refractivity contribution in [2.24, 2.45) is 22.6 Å². The first-order valence-electron chi connectivity index (χ1n) is 14.1. The van der Waals surface area contributed by atoms with Gasteiger partial charge in [-0.05, 0) is 56.1 Å². The van der Waals surface area contributed by atoms with E-state index in [-0.39, 0.29) is 17.7 Å². The summed E-state index contributed by atoms with van der Waals surface area (Å²) in [6, 6.07) is 9.62. The molecule has 3 aliphatic rings. The molecule has 1 amide bonds. The first kappa shape index (κ1) is 30.7. The number of phenols is 1. The summed E-state index contributed by atoms with van der Waals surface area (Å²) in [5, 5.41) is 45.5. The average Bonchev–Trinajstić information content (AvgIpc) is 2.92. The third kappa shape index (κ3) is 3.76. The third-order valence-electron chi connectivity index (χ3n) is 9.38. The van der Waals surface area contributed by atoms with Crippen molar-refractivity contribution in [1.29, 1.82) is 5.26 Å². The predicted molar refractivity (Wildman–Crippen MR) is 163 cm³/mol. The number of hydrogen-bond donors (Lipinski definition) is 6. The number of carbonyl (C=O) groups excluding carboxylic acids is 3. The molecule has 230 valence electrons. The molecular formula is C32H36N6O6. The Bertz CT molecular complexity index is 1750. The lowest BCUT2D eigenvalue weighted by atomic mass is 9.47. The zero-order valence-electron chi connectivity index (χ0n) is 25.2. The van der Waals surface area contributed by atoms with Gasteiger partial charge < -0.3 is 37.4 Å². The zero-order valence-corrected chi connectivity index (χ0v) is 25.2. The van der Waals surface area contributed by atoms with Crippen LogP contribution in [0.3, 0.4) is 0 Å². The number of aromatic hydroxyl groups is 1. The smallest absolute Gasteiger partial charge is 0.255 e. The average molecular weight is 601 g/mol. The molecule has 2 aromatic carbocycles. The van der Waals surface area contributed by atoms with Crippen molar-refractivity contribution in [1.82, 2.24) is 4.90 Å². The molecule has 0 spiro atoms. The summed E-state index contributed by atoms with van der Waals surface area (Å²) in [4.78, 5) is 43.7. The fourth-order valence-corrected chi connectivity index (χ4v) is 7.42. The monoisotopic (exact) mass is 600 g/mol. The van der Waals surface area contributed by atoms with E-state index in [9.17, 15) is 35.0 Å². The minimum atomic E-state index is -2.71. The number of nitrogens with zero attached hydrogens (tertiary/aromatic N) is 3. The second-order valence-corrected chi connectivity index (χ2v) is 12.4. The molecule has 12 nitrogen and oxygen atoms in total. The quantitative estimate of drug-likeness (QED) is 0.268. The van der Waals surface area contributed by atoms with E-state index in [1.54, 1.807) is 31.1 Å². The van der Waals surface area contributed by atoms with Crippen molar-refractivity contribution < 1.29 is 29.7 Å². The number of rotatable bonds is 5. The number of amides is 1. The number of aryl methyl sites for hydroxylation is 1. The van der Waals surface area contributed by atoms with Crippen LogP contribution >= 0.6 is 0 Å². The molecule has 1 saturated carbocycles. The number of aliphatic hydroxyl groups is 2. The lowest BCUT2D eigenvalue weighted by Gasteiger charge is -2.58. The summed E-state index contributed by atoms with van der Waals surface area (Å²) in [6.45, 7) is 2.02. The number of nitriles is 1. The summed E-state index contributed by atoms with van der Waals surface area (Å²) in [7, 11) is 6.51. The topological polar surface area (TPSA) is 220 Å². The Morgan fingerprint density at radius 2 is 1.70 bits per heavy atom. The van der Waals surface area contributed by atoms with Gasteiger partial charge in [-0.1, -0.05) is 31.2 Å². The number of likely N-dealkylation sites (N-methyl/N-ethyl adjacent to an activating group) is 1. The van der Waals surface area contributed by atoms with Crippen molar-refractivity contribution >= 4 is 28.9 Å². The second kappa shape index (κ2) is 9.92. The Morgan fingerprint density at radius 3 is 2.20 bits per heavy atom. The predicted octanol–water partition coefficient (Wildman–Crippen LogP) is 1.20. The number of fused-ring (bicyclic) bond motifs is 3. The first-order chi connectivity index (χ1) is 20.5. The summed E-state index contributed by atoms with van der Waals surface area (Å²) < 4.78 is 0. The molecule has 44 heavy (non-hydrogen) atoms. The summed E-state index contributed by atoms with van der Waals surface area (Å²) in [6.07, 6.45) is 0.261. The largest absolute Gasteiger partial charge is 0.509 e. The minimum absolute atomic E-state index is 0.0533. The number of nitrogens with two attached hydrogens (primary N) is 3. The van der Waals surface area contributed by atoms with E-state index >= 15 is 0 Å². The van der Waals surface area contributed by atoms with Crippen LogP contribution in [-0.2, 0) is 27.2 Å². The maximum absolute atomic E-state index is 14.6. The maximum Gasteiger partial charge on any atom is 0.255 e. The zero-order chi connectivity index (χ0) is 32.7. The first-order valence-corrected chi connectivity index (χ1v) is 14.1. The van der Waals surface area contributed by atoms with E-state index in [0.717, 1.165) is 12.0 Å². The van der Waals surface area contributed by atoms with Crippen LogP contribution in [-0.4, -0.2) is 83.0 Å². The standard InChI is InChI=1S/C32H36N6O6/c1-6-15-7-9-16(10-8-15)17-11-19(37(2)3)18-12-30(35)13-32(36)26(38(4)5)25(41)21(29(34)44)27(42)31(32,14-33)28(43)22(30)24(40)20(18)23(17)39/h7-11,26,39-40,42H,6,12-13,35-36H2,1-5H3,(H2,34,44)/t26-,30-,31+,32-/m1/s1. The number of hydrogen-bond acceptors (Lipinski definition) is 11. The van der Waals surface area contributed by atoms with Crippen LogP contribution in [0.4, 0.5) is 5.69 Å². The number of benzene rings is 2. The molecule has 0 unspecified atom stereocenters. The van der Waals surface area contributed by atoms with E-state index in [2.05, 4.69) is 0 Å². The number of primary amides is 1. The molecule has 0 aliphatic heterocycles. The fraction of sp³-hybridized carbons (Fsp3) is 0.375. The number of aliphatic hydroxyl groups excluding tert-OH is 2. The Morgan fingerprint density at radius 1 is 1.09 bits per heavy atom. The Labute approximate surface area is 254 Å². The summed E-state index contributed by atoms with van der Waals surface area (Å²) in [5.74, 6) is -5.66. The molecule has 0 bridgehead atoms. The Balaban J connectivity index is 1.86. The number of carbonyl (C=O) groups is 3. The summed E-state index contributed by atoms with van der Waals surface area (Å²) in [5.41, 5.74) is 14.4. The van der Waals surface area contributed by atoms with Gasteiger partial charge in [0.25, 0.3) is 5.91 Å². The molecule has 4 atom stereocenters. The number of ketones is 2. The van der Waals surface area contributed by atoms with Crippen LogP contribution in [0.2, 0.25) is 0 Å². The maximum atomic E-state index is 14.6. The highest BCUT2D eigenvalue weighted by molar-refractivity contribution is 6.25. The molecule has 0 radical (unpaired) electrons. The molecule has 3 aliphatic carbocycles. The van der Waals surface area contributed by atoms with Crippen LogP contribution in [0.1, 0.15) is 30.0 Å². The normalized spacial score (nSPS) is 27.9. The van der Waals surface area contributed by atoms with Gasteiger partial charge in [-0.2, -0.15) is 5.26 Å². The van der Waals surface area contributed by atoms with Crippen LogP contribution in [0, 0.1) is 16.7 Å². The van der Waals surface area contributed by atoms with E-state index in [0.29, 0.717) is 22.4 Å². The number of phenolic OH excluding ortho intramolecular Hbond substituents is 1. The lowest BCUT2D eigenvalue weighted by molar-refractivity contribution is -0.139. The van der Waals surface area contributed by atoms with Gasteiger partial charge in [0.2, 0.25) is 0 Å². The van der Waals surface area contributed by atoms with Gasteiger partial charge in [0, 0.05) is 25.3 Å². The molecular weight excluding hydrogens is 564 g/mol. The van der Waals surface area contributed by atoms with Crippen molar-refractivity contribution in [3.05, 3.63) is 63.9 Å². The second-order valence-electron chi connectivity index (χ2n) is 12.4. The van der Waals surface area contributed by atoms with Gasteiger partial charge in [-0.15, -0.1) is 0 Å². The fourth-order valence-electron chi connectivity index (χ4n) is 7.42. The molecule has 5 rings (SSSR count). The minimum Gasteiger partial charge on any atom is -0.509 e. The Hall–Kier alpha value is -4.70. The highest BCUT2D eigenvalue weighted by Gasteiger charge is 2.74. The summed E-state index contributed by atoms with van der Waals surface area (Å²) >= 11 is 0. The molecule has 0 aromatic heterocycles. The van der Waals surface area contributed by atoms with Gasteiger partial charge in [0.15, 0.2) is 17.0 Å². The molecule has 9 N–H and O–H groups in total. The van der Waals surface area contributed by atoms with Crippen LogP contribution in [0.15, 0.2) is 47.2 Å². The number of Topliss-reactive ketones (excluding diaryl/α,β-unsaturated/α-hetero) is 2. The van der Waals surface area contributed by atoms with Crippen molar-refractivity contribution in [2.45, 2.75) is 43.3 Å². The number of anilines is 1. The van der Waals surface area contributed by atoms with Crippen molar-refractivity contribution in [3.63, 3.8) is 0 Å². The van der Waals surface area contributed by atoms with E-state index in [1.807, 2.05) is 31.2 Å². The lowest BCUT2D eigenvalue weighted by Crippen LogP contribution is -2.80. The van der Waals surface area contributed by atoms with Gasteiger partial charge in [-0.25, -0.2) is 0 Å². The highest BCUT2D eigenvalue weighted by atomic mass is 16.3. The van der Waals surface area contributed by atoms with Crippen molar-refractivity contribution in [3.8, 4) is 22.9 Å². The third-order valence-corrected chi connectivity index (χ3v) is 9.38. The van der Waals surface area contributed by atoms with Crippen molar-refractivity contribution in [2.75, 3.05) is 33.1 Å². The van der Waals surface area contributed by atoms with Crippen LogP contribution < -0.4 is 22.1 Å². The molecule has 1 fully saturated rings. The van der Waals surface area contributed by atoms with Gasteiger partial charge in [-0.3, -0.25) is 19.3 Å². The van der Waals surface area contributed by atoms with Gasteiger partial charge >= 0.3 is 0 Å². The molecule has 12 heteroatoms. The van der Waals surface area contributed by atoms with E-state index in [1.165, 1.54) is 19.0 Å². The molecule has 0 heterocycles. The Kier molecular flexibility index (Phi) is 6.93. The van der Waals surface area contributed by atoms with Crippen LogP contribution in [0.25, 0.3) is 16.9 Å². The van der Waals surface area contributed by atoms with E-state index in [4.69, 9.17) is 17.2 Å². The van der Waals surface area contributed by atoms with Gasteiger partial charge in [0.1, 0.15) is 22.8 Å². The SMILES string of the molecule is CCc1ccc(-c2cc(N(C)C)c3c(c2O)C(O)=C2C(=O)[C@]4(C#N)C(O)=C(C(N)=O)C(=O)[C@@H](N(C)C)[C@]4(N)C[C@]2(N)C3)cc1. The van der Waals surface area contributed by atoms with Gasteiger partial charge in [0.05, 0.1) is 34.3 Å². The molecule has 2 aromatic rings. The van der Waals surface area contributed by atoms with E-state index < -0.39 is 69.1 Å².